The number of carbonyl (C=O) groups excluding carboxylic acids is 2. The number of amides is 2. The van der Waals surface area contributed by atoms with E-state index in [1.165, 1.54) is 24.3 Å². The highest BCUT2D eigenvalue weighted by Gasteiger charge is 2.27. The first kappa shape index (κ1) is 25.5. The zero-order chi connectivity index (χ0) is 25.0. The van der Waals surface area contributed by atoms with Crippen molar-refractivity contribution in [3.05, 3.63) is 68.2 Å². The van der Waals surface area contributed by atoms with Crippen molar-refractivity contribution in [1.82, 2.24) is 9.80 Å². The fourth-order valence-corrected chi connectivity index (χ4v) is 3.97. The first-order valence-electron chi connectivity index (χ1n) is 10.6. The van der Waals surface area contributed by atoms with Crippen LogP contribution in [-0.4, -0.2) is 58.5 Å². The molecule has 3 rings (SSSR count). The summed E-state index contributed by atoms with van der Waals surface area (Å²) in [6.07, 6.45) is 2.46. The summed E-state index contributed by atoms with van der Waals surface area (Å²) in [6.45, 7) is 6.80. The summed E-state index contributed by atoms with van der Waals surface area (Å²) >= 11 is 12.3. The second kappa shape index (κ2) is 10.4. The van der Waals surface area contributed by atoms with Crippen LogP contribution in [0.3, 0.4) is 0 Å². The highest BCUT2D eigenvalue weighted by molar-refractivity contribution is 6.36. The van der Waals surface area contributed by atoms with Crippen LogP contribution in [-0.2, 0) is 9.53 Å². The summed E-state index contributed by atoms with van der Waals surface area (Å²) in [5.41, 5.74) is 0.244. The van der Waals surface area contributed by atoms with Crippen LogP contribution < -0.4 is 0 Å². The predicted molar refractivity (Wildman–Crippen MR) is 131 cm³/mol. The first-order chi connectivity index (χ1) is 16.0. The quantitative estimate of drug-likeness (QED) is 0.313. The third-order valence-corrected chi connectivity index (χ3v) is 5.59. The Morgan fingerprint density at radius 2 is 1.76 bits per heavy atom. The van der Waals surface area contributed by atoms with Crippen LogP contribution in [0.25, 0.3) is 17.2 Å². The van der Waals surface area contributed by atoms with E-state index in [1.54, 1.807) is 48.8 Å². The van der Waals surface area contributed by atoms with Crippen LogP contribution in [0.5, 0.6) is 0 Å². The van der Waals surface area contributed by atoms with E-state index in [9.17, 15) is 19.7 Å². The predicted octanol–water partition coefficient (Wildman–Crippen LogP) is 5.46. The smallest absolute Gasteiger partial charge is 0.410 e. The standard InChI is InChI=1S/C24H24Cl2N3O5/c1-24(2,3)34-23(31)28-13-11-27(12-14-28)21(30)10-7-16-5-4-6-20(29(32)33)22(16)18-9-8-17(25)15-19(18)26/h4-5,7-10,15H,11-14H2,1-3H3/b10-7+. The molecule has 1 aliphatic heterocycles. The van der Waals surface area contributed by atoms with Crippen molar-refractivity contribution in [1.29, 1.82) is 0 Å². The van der Waals surface area contributed by atoms with E-state index in [4.69, 9.17) is 27.9 Å². The van der Waals surface area contributed by atoms with Gasteiger partial charge in [-0.2, -0.15) is 0 Å². The number of nitro groups is 1. The maximum absolute atomic E-state index is 12.8. The van der Waals surface area contributed by atoms with Crippen LogP contribution >= 0.6 is 23.2 Å². The Hall–Kier alpha value is -3.10. The van der Waals surface area contributed by atoms with E-state index >= 15 is 0 Å². The molecule has 0 unspecified atom stereocenters. The lowest BCUT2D eigenvalue weighted by Crippen LogP contribution is -2.51. The van der Waals surface area contributed by atoms with Crippen molar-refractivity contribution in [3.8, 4) is 11.1 Å². The number of hydrogen-bond acceptors (Lipinski definition) is 5. The van der Waals surface area contributed by atoms with E-state index in [0.717, 1.165) is 0 Å². The third-order valence-electron chi connectivity index (χ3n) is 5.04. The molecule has 1 fully saturated rings. The Kier molecular flexibility index (Phi) is 7.84. The fraction of sp³-hybridized carbons (Fsp3) is 0.333. The van der Waals surface area contributed by atoms with Gasteiger partial charge in [-0.25, -0.2) is 4.79 Å². The highest BCUT2D eigenvalue weighted by Crippen LogP contribution is 2.38. The van der Waals surface area contributed by atoms with Crippen molar-refractivity contribution in [2.45, 2.75) is 26.4 Å². The topological polar surface area (TPSA) is 93.0 Å². The minimum absolute atomic E-state index is 0.243. The van der Waals surface area contributed by atoms with Gasteiger partial charge in [-0.3, -0.25) is 14.9 Å². The average Bonchev–Trinajstić information content (AvgIpc) is 2.76. The molecule has 1 radical (unpaired) electrons. The normalized spacial score (nSPS) is 14.4. The first-order valence-corrected chi connectivity index (χ1v) is 11.3. The van der Waals surface area contributed by atoms with Crippen molar-refractivity contribution in [3.63, 3.8) is 0 Å². The number of benzene rings is 2. The van der Waals surface area contributed by atoms with Gasteiger partial charge in [0, 0.05) is 42.8 Å². The van der Waals surface area contributed by atoms with E-state index in [-0.39, 0.29) is 22.2 Å². The Morgan fingerprint density at radius 1 is 1.12 bits per heavy atom. The second-order valence-electron chi connectivity index (χ2n) is 8.66. The molecule has 8 nitrogen and oxygen atoms in total. The minimum Gasteiger partial charge on any atom is -0.444 e. The lowest BCUT2D eigenvalue weighted by Gasteiger charge is -2.35. The number of carbonyl (C=O) groups is 2. The molecule has 0 atom stereocenters. The number of nitrogens with zero attached hydrogens (tertiary/aromatic N) is 3. The fourth-order valence-electron chi connectivity index (χ4n) is 3.46. The minimum atomic E-state index is -0.590. The average molecular weight is 505 g/mol. The van der Waals surface area contributed by atoms with Gasteiger partial charge in [-0.05, 0) is 50.6 Å². The van der Waals surface area contributed by atoms with Gasteiger partial charge in [0.25, 0.3) is 5.69 Å². The summed E-state index contributed by atoms with van der Waals surface area (Å²) in [6, 6.07) is 10.4. The summed E-state index contributed by atoms with van der Waals surface area (Å²) < 4.78 is 5.37. The van der Waals surface area contributed by atoms with Crippen molar-refractivity contribution in [2.75, 3.05) is 26.2 Å². The largest absolute Gasteiger partial charge is 0.444 e. The molecule has 0 aromatic heterocycles. The van der Waals surface area contributed by atoms with Crippen molar-refractivity contribution >= 4 is 47.0 Å². The lowest BCUT2D eigenvalue weighted by atomic mass is 9.97. The Labute approximate surface area is 207 Å². The van der Waals surface area contributed by atoms with Crippen LogP contribution in [0, 0.1) is 16.2 Å². The molecule has 0 spiro atoms. The SMILES string of the molecule is CC(C)(C)OC(=O)N1CCN(C(=O)/C=C/c2cc[c]c([N+](=O)[O-])c2-c2ccc(Cl)cc2Cl)CC1. The molecule has 0 aliphatic carbocycles. The molecule has 34 heavy (non-hydrogen) atoms. The van der Waals surface area contributed by atoms with E-state index in [2.05, 4.69) is 6.07 Å². The maximum Gasteiger partial charge on any atom is 0.410 e. The van der Waals surface area contributed by atoms with Crippen LogP contribution in [0.15, 0.2) is 36.4 Å². The van der Waals surface area contributed by atoms with Gasteiger partial charge in [0.1, 0.15) is 5.60 Å². The summed E-state index contributed by atoms with van der Waals surface area (Å²) in [7, 11) is 0. The van der Waals surface area contributed by atoms with E-state index in [0.29, 0.717) is 42.3 Å². The molecule has 1 saturated heterocycles. The summed E-state index contributed by atoms with van der Waals surface area (Å²) in [5.74, 6) is -0.271. The summed E-state index contributed by atoms with van der Waals surface area (Å²) in [4.78, 5) is 39.3. The number of hydrogen-bond donors (Lipinski definition) is 0. The van der Waals surface area contributed by atoms with Gasteiger partial charge in [0.05, 0.1) is 21.6 Å². The lowest BCUT2D eigenvalue weighted by molar-refractivity contribution is -0.384. The number of piperazine rings is 1. The molecule has 179 valence electrons. The van der Waals surface area contributed by atoms with Crippen LogP contribution in [0.4, 0.5) is 10.5 Å². The molecule has 10 heteroatoms. The summed E-state index contributed by atoms with van der Waals surface area (Å²) in [5, 5.41) is 12.3. The maximum atomic E-state index is 12.8. The number of ether oxygens (including phenoxy) is 1. The number of nitro benzene ring substituents is 1. The molecular weight excluding hydrogens is 481 g/mol. The highest BCUT2D eigenvalue weighted by atomic mass is 35.5. The van der Waals surface area contributed by atoms with Gasteiger partial charge < -0.3 is 14.5 Å². The monoisotopic (exact) mass is 504 g/mol. The third kappa shape index (κ3) is 6.27. The zero-order valence-electron chi connectivity index (χ0n) is 19.0. The van der Waals surface area contributed by atoms with Gasteiger partial charge in [0.2, 0.25) is 5.91 Å². The van der Waals surface area contributed by atoms with Gasteiger partial charge in [-0.1, -0.05) is 35.3 Å². The van der Waals surface area contributed by atoms with E-state index < -0.39 is 16.6 Å². The van der Waals surface area contributed by atoms with Gasteiger partial charge in [0.15, 0.2) is 0 Å². The van der Waals surface area contributed by atoms with Crippen LogP contribution in [0.1, 0.15) is 26.3 Å². The molecule has 0 bridgehead atoms. The molecular formula is C24H24Cl2N3O5. The molecule has 0 N–H and O–H groups in total. The number of rotatable bonds is 4. The Balaban J connectivity index is 1.78. The molecule has 0 saturated carbocycles. The second-order valence-corrected chi connectivity index (χ2v) is 9.51. The zero-order valence-corrected chi connectivity index (χ0v) is 20.5. The Morgan fingerprint density at radius 3 is 2.35 bits per heavy atom. The molecule has 1 heterocycles. The van der Waals surface area contributed by atoms with Crippen molar-refractivity contribution in [2.24, 2.45) is 0 Å². The number of halogens is 2. The van der Waals surface area contributed by atoms with Crippen LogP contribution in [0.2, 0.25) is 10.0 Å². The van der Waals surface area contributed by atoms with Gasteiger partial charge >= 0.3 is 6.09 Å². The molecule has 2 aromatic rings. The Bertz CT molecular complexity index is 1140. The van der Waals surface area contributed by atoms with Crippen molar-refractivity contribution < 1.29 is 19.2 Å². The molecule has 2 aromatic carbocycles. The van der Waals surface area contributed by atoms with E-state index in [1.807, 2.05) is 0 Å². The van der Waals surface area contributed by atoms with Gasteiger partial charge in [-0.15, -0.1) is 0 Å². The molecule has 2 amide bonds. The molecule has 1 aliphatic rings.